The second-order valence-electron chi connectivity index (χ2n) is 9.07. The third kappa shape index (κ3) is 5.60. The van der Waals surface area contributed by atoms with Crippen LogP contribution >= 0.6 is 0 Å². The van der Waals surface area contributed by atoms with Gasteiger partial charge in [0.1, 0.15) is 29.7 Å². The first-order chi connectivity index (χ1) is 19.2. The molecule has 2 aliphatic rings. The Morgan fingerprint density at radius 2 is 1.98 bits per heavy atom. The first-order valence-corrected chi connectivity index (χ1v) is 12.0. The number of imidazole rings is 1. The van der Waals surface area contributed by atoms with Crippen molar-refractivity contribution in [1.82, 2.24) is 25.5 Å². The Morgan fingerprint density at radius 3 is 2.70 bits per heavy atom. The molecule has 14 nitrogen and oxygen atoms in total. The molecule has 0 aliphatic carbocycles. The van der Waals surface area contributed by atoms with E-state index < -0.39 is 0 Å². The lowest BCUT2D eigenvalue weighted by molar-refractivity contribution is -0.128. The third-order valence-corrected chi connectivity index (χ3v) is 5.86. The van der Waals surface area contributed by atoms with E-state index in [9.17, 15) is 9.59 Å². The van der Waals surface area contributed by atoms with Gasteiger partial charge in [0.2, 0.25) is 11.8 Å². The number of aromatic amines is 1. The van der Waals surface area contributed by atoms with Gasteiger partial charge in [0.25, 0.3) is 5.88 Å². The summed E-state index contributed by atoms with van der Waals surface area (Å²) in [5.41, 5.74) is 13.9. The summed E-state index contributed by atoms with van der Waals surface area (Å²) in [4.78, 5) is 42.2. The number of hydrogen-bond acceptors (Lipinski definition) is 10. The van der Waals surface area contributed by atoms with Gasteiger partial charge in [-0.2, -0.15) is 4.99 Å². The van der Waals surface area contributed by atoms with E-state index in [1.54, 1.807) is 50.8 Å². The van der Waals surface area contributed by atoms with Crippen molar-refractivity contribution in [2.75, 3.05) is 26.4 Å². The number of carbonyl (C=O) groups excluding carboxylic acids is 2. The summed E-state index contributed by atoms with van der Waals surface area (Å²) in [5.74, 6) is 0.768. The lowest BCUT2D eigenvalue weighted by Crippen LogP contribution is -2.48. The molecular formula is C26H26N10O4. The van der Waals surface area contributed by atoms with Crippen molar-refractivity contribution in [1.29, 1.82) is 5.41 Å². The number of aliphatic imine (C=N–C) groups is 2. The van der Waals surface area contributed by atoms with Gasteiger partial charge in [-0.25, -0.2) is 4.98 Å². The van der Waals surface area contributed by atoms with Crippen LogP contribution in [0, 0.1) is 5.41 Å². The number of fused-ring (bicyclic) bond motifs is 1. The first-order valence-electron chi connectivity index (χ1n) is 12.0. The van der Waals surface area contributed by atoms with Gasteiger partial charge in [-0.1, -0.05) is 0 Å². The smallest absolute Gasteiger partial charge is 0.304 e. The van der Waals surface area contributed by atoms with E-state index in [0.29, 0.717) is 28.3 Å². The molecule has 3 heterocycles. The molecule has 3 aromatic rings. The maximum atomic E-state index is 12.5. The van der Waals surface area contributed by atoms with Crippen LogP contribution in [0.15, 0.2) is 70.4 Å². The number of hydrogen-bond donors (Lipinski definition) is 6. The number of anilines is 1. The Hall–Kier alpha value is -5.66. The van der Waals surface area contributed by atoms with Crippen LogP contribution < -0.4 is 31.6 Å². The number of likely N-dealkylation sites (N-methyl/N-ethyl adjacent to an activating group) is 1. The summed E-state index contributed by atoms with van der Waals surface area (Å²) in [6, 6.07) is 9.89. The molecule has 2 aliphatic heterocycles. The molecule has 2 aromatic carbocycles. The fraction of sp³-hybridized carbons (Fsp3) is 0.154. The number of benzene rings is 2. The maximum absolute atomic E-state index is 12.5. The number of nitrogens with zero attached hydrogens (tertiary/aromatic N) is 4. The molecule has 0 atom stereocenters. The number of amidine groups is 3. The molecule has 204 valence electrons. The minimum absolute atomic E-state index is 0.0108. The van der Waals surface area contributed by atoms with Crippen molar-refractivity contribution in [3.8, 4) is 22.9 Å². The number of aromatic nitrogens is 2. The number of nitrogens with two attached hydrogens (primary N) is 2. The monoisotopic (exact) mass is 542 g/mol. The van der Waals surface area contributed by atoms with Crippen LogP contribution in [0.3, 0.4) is 0 Å². The van der Waals surface area contributed by atoms with Crippen molar-refractivity contribution in [2.24, 2.45) is 15.7 Å². The predicted molar refractivity (Wildman–Crippen MR) is 148 cm³/mol. The van der Waals surface area contributed by atoms with E-state index in [-0.39, 0.29) is 65.5 Å². The topological polar surface area (TPSA) is 209 Å². The molecule has 0 saturated carbocycles. The highest BCUT2D eigenvalue weighted by atomic mass is 16.5. The Kier molecular flexibility index (Phi) is 6.88. The lowest BCUT2D eigenvalue weighted by Gasteiger charge is -2.25. The van der Waals surface area contributed by atoms with Gasteiger partial charge in [-0.05, 0) is 42.0 Å². The minimum Gasteiger partial charge on any atom is -0.437 e. The maximum Gasteiger partial charge on any atom is 0.304 e. The van der Waals surface area contributed by atoms with Gasteiger partial charge in [0.15, 0.2) is 11.6 Å². The Morgan fingerprint density at radius 1 is 1.15 bits per heavy atom. The fourth-order valence-corrected chi connectivity index (χ4v) is 3.84. The van der Waals surface area contributed by atoms with E-state index in [4.69, 9.17) is 26.4 Å². The van der Waals surface area contributed by atoms with Gasteiger partial charge in [0, 0.05) is 37.6 Å². The van der Waals surface area contributed by atoms with Crippen LogP contribution in [0.4, 0.5) is 5.69 Å². The first kappa shape index (κ1) is 26.0. The molecule has 0 bridgehead atoms. The number of nitrogens with one attached hydrogen (secondary N) is 4. The third-order valence-electron chi connectivity index (χ3n) is 5.86. The summed E-state index contributed by atoms with van der Waals surface area (Å²) in [5, 5.41) is 13.3. The average Bonchev–Trinajstić information content (AvgIpc) is 3.45. The second-order valence-corrected chi connectivity index (χ2v) is 9.07. The average molecular weight is 543 g/mol. The SMILES string of the molecule is CN(C)C(=O)Cc1cc(OC2=C3NC(=O)CN=C3NC(Oc3cc(C(=N)N)ccc3N)=N2)cc(-c2ncc[nH]2)c1. The molecule has 40 heavy (non-hydrogen) atoms. The number of H-pyrrole nitrogens is 1. The molecule has 0 fully saturated rings. The van der Waals surface area contributed by atoms with E-state index in [1.165, 1.54) is 11.0 Å². The normalized spacial score (nSPS) is 14.3. The molecule has 8 N–H and O–H groups in total. The van der Waals surface area contributed by atoms with Gasteiger partial charge >= 0.3 is 6.02 Å². The Balaban J connectivity index is 1.53. The van der Waals surface area contributed by atoms with Crippen LogP contribution in [0.1, 0.15) is 11.1 Å². The molecule has 14 heteroatoms. The quantitative estimate of drug-likeness (QED) is 0.142. The van der Waals surface area contributed by atoms with Crippen molar-refractivity contribution in [3.63, 3.8) is 0 Å². The van der Waals surface area contributed by atoms with E-state index in [1.807, 2.05) is 6.07 Å². The van der Waals surface area contributed by atoms with E-state index >= 15 is 0 Å². The summed E-state index contributed by atoms with van der Waals surface area (Å²) < 4.78 is 12.1. The Labute approximate surface area is 228 Å². The van der Waals surface area contributed by atoms with Crippen molar-refractivity contribution in [2.45, 2.75) is 6.42 Å². The molecule has 0 radical (unpaired) electrons. The van der Waals surface area contributed by atoms with Gasteiger partial charge in [0.05, 0.1) is 12.1 Å². The number of ether oxygens (including phenoxy) is 2. The molecule has 5 rings (SSSR count). The zero-order valence-electron chi connectivity index (χ0n) is 21.6. The minimum atomic E-state index is -0.346. The standard InChI is InChI=1S/C26H26N10O4/c1-36(2)20(38)9-13-7-15(23-30-5-6-31-23)10-16(8-13)39-25-21-24(32-12-19(37)33-21)34-26(35-25)40-18-11-14(22(28)29)3-4-17(18)27/h3-8,10-11H,9,12,27H2,1-2H3,(H3,28,29)(H,30,31)(H,33,37)(H,32,34,35). The number of rotatable bonds is 7. The van der Waals surface area contributed by atoms with Gasteiger partial charge in [-0.15, -0.1) is 0 Å². The largest absolute Gasteiger partial charge is 0.437 e. The molecule has 1 aromatic heterocycles. The van der Waals surface area contributed by atoms with Gasteiger partial charge < -0.3 is 36.1 Å². The predicted octanol–water partition coefficient (Wildman–Crippen LogP) is 0.688. The van der Waals surface area contributed by atoms with E-state index in [2.05, 4.69) is 30.6 Å². The van der Waals surface area contributed by atoms with Crippen LogP contribution in [0.2, 0.25) is 0 Å². The summed E-state index contributed by atoms with van der Waals surface area (Å²) in [7, 11) is 3.36. The molecular weight excluding hydrogens is 516 g/mol. The molecule has 0 unspecified atom stereocenters. The summed E-state index contributed by atoms with van der Waals surface area (Å²) in [6.07, 6.45) is 3.43. The zero-order chi connectivity index (χ0) is 28.4. The van der Waals surface area contributed by atoms with E-state index in [0.717, 1.165) is 0 Å². The highest BCUT2D eigenvalue weighted by Gasteiger charge is 2.29. The lowest BCUT2D eigenvalue weighted by atomic mass is 10.1. The van der Waals surface area contributed by atoms with Crippen LogP contribution in [-0.4, -0.2) is 65.0 Å². The van der Waals surface area contributed by atoms with Crippen LogP contribution in [0.25, 0.3) is 11.4 Å². The number of nitrogen functional groups attached to an aromatic ring is 2. The van der Waals surface area contributed by atoms with Crippen molar-refractivity contribution in [3.05, 3.63) is 71.5 Å². The number of carbonyl (C=O) groups is 2. The molecule has 0 saturated heterocycles. The zero-order valence-corrected chi connectivity index (χ0v) is 21.6. The summed E-state index contributed by atoms with van der Waals surface area (Å²) in [6.45, 7) is -0.112. The van der Waals surface area contributed by atoms with Crippen LogP contribution in [-0.2, 0) is 16.0 Å². The Bertz CT molecular complexity index is 1610. The highest BCUT2D eigenvalue weighted by molar-refractivity contribution is 6.13. The number of amides is 2. The van der Waals surface area contributed by atoms with Gasteiger partial charge in [-0.3, -0.25) is 25.3 Å². The fourth-order valence-electron chi connectivity index (χ4n) is 3.84. The summed E-state index contributed by atoms with van der Waals surface area (Å²) >= 11 is 0. The molecule has 0 spiro atoms. The van der Waals surface area contributed by atoms with Crippen molar-refractivity contribution < 1.29 is 19.1 Å². The second kappa shape index (κ2) is 10.6. The van der Waals surface area contributed by atoms with Crippen LogP contribution in [0.5, 0.6) is 11.5 Å². The highest BCUT2D eigenvalue weighted by Crippen LogP contribution is 2.28. The molecule has 2 amide bonds. The van der Waals surface area contributed by atoms with Crippen molar-refractivity contribution >= 4 is 35.2 Å².